The predicted molar refractivity (Wildman–Crippen MR) is 56.5 cm³/mol. The summed E-state index contributed by atoms with van der Waals surface area (Å²) in [5.74, 6) is -0.228. The summed E-state index contributed by atoms with van der Waals surface area (Å²) < 4.78 is 0. The smallest absolute Gasteiger partial charge is 0.303 e. The minimum atomic E-state index is -0.874. The molecule has 6 heteroatoms. The Hall–Kier alpha value is -1.85. The monoisotopic (exact) mass is 225 g/mol. The second kappa shape index (κ2) is 5.89. The molecule has 88 valence electrons. The number of carboxylic acid groups (broad SMARTS) is 1. The van der Waals surface area contributed by atoms with Gasteiger partial charge in [0.25, 0.3) is 0 Å². The number of aliphatic carboxylic acids is 1. The van der Waals surface area contributed by atoms with E-state index in [1.54, 1.807) is 19.4 Å². The molecule has 6 nitrogen and oxygen atoms in total. The van der Waals surface area contributed by atoms with Crippen LogP contribution in [-0.2, 0) is 16.1 Å². The molecule has 1 heterocycles. The number of rotatable bonds is 6. The Labute approximate surface area is 93.3 Å². The Morgan fingerprint density at radius 1 is 1.50 bits per heavy atom. The number of nitrogens with one attached hydrogen (secondary N) is 1. The van der Waals surface area contributed by atoms with Crippen LogP contribution in [-0.4, -0.2) is 38.9 Å². The zero-order chi connectivity index (χ0) is 12.0. The topological polar surface area (TPSA) is 86.3 Å². The fourth-order valence-electron chi connectivity index (χ4n) is 1.28. The third-order valence-electron chi connectivity index (χ3n) is 2.15. The van der Waals surface area contributed by atoms with Gasteiger partial charge in [0.1, 0.15) is 5.82 Å². The first-order chi connectivity index (χ1) is 7.59. The Morgan fingerprint density at radius 3 is 2.81 bits per heavy atom. The molecule has 0 aromatic carbocycles. The Morgan fingerprint density at radius 2 is 2.25 bits per heavy atom. The Kier molecular flexibility index (Phi) is 4.50. The first kappa shape index (κ1) is 12.2. The molecule has 0 aliphatic heterocycles. The SMILES string of the molecule is CN(Cc1ncc[nH]1)C(=O)CCCC(=O)O. The summed E-state index contributed by atoms with van der Waals surface area (Å²) in [5.41, 5.74) is 0. The molecule has 16 heavy (non-hydrogen) atoms. The molecule has 0 saturated carbocycles. The van der Waals surface area contributed by atoms with Crippen LogP contribution in [0.15, 0.2) is 12.4 Å². The number of amides is 1. The number of H-pyrrole nitrogens is 1. The minimum absolute atomic E-state index is 0.0281. The van der Waals surface area contributed by atoms with Crippen LogP contribution in [0.3, 0.4) is 0 Å². The molecule has 0 unspecified atom stereocenters. The number of aromatic amines is 1. The van der Waals surface area contributed by atoms with Crippen molar-refractivity contribution >= 4 is 11.9 Å². The number of imidazole rings is 1. The average molecular weight is 225 g/mol. The number of nitrogens with zero attached hydrogens (tertiary/aromatic N) is 2. The van der Waals surface area contributed by atoms with Crippen LogP contribution in [0.25, 0.3) is 0 Å². The van der Waals surface area contributed by atoms with Gasteiger partial charge in [-0.15, -0.1) is 0 Å². The Bertz CT molecular complexity index is 348. The number of carboxylic acids is 1. The lowest BCUT2D eigenvalue weighted by atomic mass is 10.2. The van der Waals surface area contributed by atoms with Crippen molar-refractivity contribution in [1.82, 2.24) is 14.9 Å². The highest BCUT2D eigenvalue weighted by Crippen LogP contribution is 2.02. The summed E-state index contributed by atoms with van der Waals surface area (Å²) in [4.78, 5) is 30.2. The standard InChI is InChI=1S/C10H15N3O3/c1-13(7-8-11-5-6-12-8)9(14)3-2-4-10(15)16/h5-6H,2-4,7H2,1H3,(H,11,12)(H,15,16). The molecule has 1 aromatic rings. The number of carbonyl (C=O) groups excluding carboxylic acids is 1. The van der Waals surface area contributed by atoms with Gasteiger partial charge >= 0.3 is 5.97 Å². The van der Waals surface area contributed by atoms with E-state index in [4.69, 9.17) is 5.11 Å². The first-order valence-electron chi connectivity index (χ1n) is 5.03. The third-order valence-corrected chi connectivity index (χ3v) is 2.15. The predicted octanol–water partition coefficient (Wildman–Crippen LogP) is 0.623. The van der Waals surface area contributed by atoms with Gasteiger partial charge in [-0.2, -0.15) is 0 Å². The van der Waals surface area contributed by atoms with Gasteiger partial charge in [0.2, 0.25) is 5.91 Å². The fraction of sp³-hybridized carbons (Fsp3) is 0.500. The van der Waals surface area contributed by atoms with Gasteiger partial charge in [0.15, 0.2) is 0 Å². The molecule has 0 fully saturated rings. The molecule has 1 rings (SSSR count). The van der Waals surface area contributed by atoms with E-state index in [2.05, 4.69) is 9.97 Å². The fourth-order valence-corrected chi connectivity index (χ4v) is 1.28. The summed E-state index contributed by atoms with van der Waals surface area (Å²) >= 11 is 0. The number of aromatic nitrogens is 2. The van der Waals surface area contributed by atoms with Gasteiger partial charge in [-0.3, -0.25) is 9.59 Å². The first-order valence-corrected chi connectivity index (χ1v) is 5.03. The van der Waals surface area contributed by atoms with Gasteiger partial charge < -0.3 is 15.0 Å². The number of hydrogen-bond donors (Lipinski definition) is 2. The Balaban J connectivity index is 2.28. The maximum Gasteiger partial charge on any atom is 0.303 e. The largest absolute Gasteiger partial charge is 0.481 e. The molecule has 0 saturated heterocycles. The summed E-state index contributed by atoms with van der Waals surface area (Å²) in [5, 5.41) is 8.43. The molecule has 0 atom stereocenters. The highest BCUT2D eigenvalue weighted by atomic mass is 16.4. The minimum Gasteiger partial charge on any atom is -0.481 e. The van der Waals surface area contributed by atoms with Crippen LogP contribution < -0.4 is 0 Å². The van der Waals surface area contributed by atoms with Crippen molar-refractivity contribution in [1.29, 1.82) is 0 Å². The molecule has 0 aliphatic rings. The van der Waals surface area contributed by atoms with Crippen molar-refractivity contribution < 1.29 is 14.7 Å². The molecule has 1 aromatic heterocycles. The van der Waals surface area contributed by atoms with Crippen LogP contribution in [0.4, 0.5) is 0 Å². The molecule has 0 bridgehead atoms. The van der Waals surface area contributed by atoms with Gasteiger partial charge in [0.05, 0.1) is 6.54 Å². The quantitative estimate of drug-likeness (QED) is 0.743. The van der Waals surface area contributed by atoms with Gasteiger partial charge in [0, 0.05) is 32.3 Å². The lowest BCUT2D eigenvalue weighted by Crippen LogP contribution is -2.26. The van der Waals surface area contributed by atoms with Crippen molar-refractivity contribution in [3.05, 3.63) is 18.2 Å². The number of carbonyl (C=O) groups is 2. The van der Waals surface area contributed by atoms with Crippen LogP contribution in [0.5, 0.6) is 0 Å². The van der Waals surface area contributed by atoms with Crippen LogP contribution in [0.2, 0.25) is 0 Å². The van der Waals surface area contributed by atoms with E-state index in [0.29, 0.717) is 18.8 Å². The molecule has 0 spiro atoms. The van der Waals surface area contributed by atoms with E-state index in [1.165, 1.54) is 4.90 Å². The van der Waals surface area contributed by atoms with Gasteiger partial charge in [-0.25, -0.2) is 4.98 Å². The van der Waals surface area contributed by atoms with Gasteiger partial charge in [-0.05, 0) is 6.42 Å². The maximum atomic E-state index is 11.5. The van der Waals surface area contributed by atoms with Crippen LogP contribution >= 0.6 is 0 Å². The third kappa shape index (κ3) is 4.12. The van der Waals surface area contributed by atoms with E-state index in [-0.39, 0.29) is 18.7 Å². The summed E-state index contributed by atoms with van der Waals surface area (Å²) in [7, 11) is 1.67. The zero-order valence-electron chi connectivity index (χ0n) is 9.14. The second-order valence-corrected chi connectivity index (χ2v) is 3.53. The van der Waals surface area contributed by atoms with Gasteiger partial charge in [-0.1, -0.05) is 0 Å². The zero-order valence-corrected chi connectivity index (χ0v) is 9.14. The maximum absolute atomic E-state index is 11.5. The lowest BCUT2D eigenvalue weighted by Gasteiger charge is -2.15. The van der Waals surface area contributed by atoms with Crippen molar-refractivity contribution in [2.75, 3.05) is 7.05 Å². The normalized spacial score (nSPS) is 10.1. The second-order valence-electron chi connectivity index (χ2n) is 3.53. The molecule has 0 radical (unpaired) electrons. The van der Waals surface area contributed by atoms with E-state index >= 15 is 0 Å². The molecule has 0 aliphatic carbocycles. The van der Waals surface area contributed by atoms with E-state index < -0.39 is 5.97 Å². The molecular formula is C10H15N3O3. The summed E-state index contributed by atoms with van der Waals surface area (Å²) in [6.07, 6.45) is 3.97. The van der Waals surface area contributed by atoms with Crippen LogP contribution in [0.1, 0.15) is 25.1 Å². The lowest BCUT2D eigenvalue weighted by molar-refractivity contribution is -0.137. The molecule has 1 amide bonds. The average Bonchev–Trinajstić information content (AvgIpc) is 2.69. The van der Waals surface area contributed by atoms with Crippen molar-refractivity contribution in [2.24, 2.45) is 0 Å². The van der Waals surface area contributed by atoms with Crippen molar-refractivity contribution in [3.8, 4) is 0 Å². The van der Waals surface area contributed by atoms with Crippen molar-refractivity contribution in [2.45, 2.75) is 25.8 Å². The van der Waals surface area contributed by atoms with Crippen LogP contribution in [0, 0.1) is 0 Å². The number of hydrogen-bond acceptors (Lipinski definition) is 3. The van der Waals surface area contributed by atoms with Crippen molar-refractivity contribution in [3.63, 3.8) is 0 Å². The molecular weight excluding hydrogens is 210 g/mol. The highest BCUT2D eigenvalue weighted by molar-refractivity contribution is 5.76. The summed E-state index contributed by atoms with van der Waals surface area (Å²) in [6.45, 7) is 0.416. The van der Waals surface area contributed by atoms with E-state index in [1.807, 2.05) is 0 Å². The molecule has 2 N–H and O–H groups in total. The summed E-state index contributed by atoms with van der Waals surface area (Å²) in [6, 6.07) is 0. The highest BCUT2D eigenvalue weighted by Gasteiger charge is 2.10. The van der Waals surface area contributed by atoms with E-state index in [9.17, 15) is 9.59 Å². The van der Waals surface area contributed by atoms with E-state index in [0.717, 1.165) is 0 Å².